The summed E-state index contributed by atoms with van der Waals surface area (Å²) in [5.41, 5.74) is 2.24. The van der Waals surface area contributed by atoms with Crippen LogP contribution >= 0.6 is 11.8 Å². The number of carbonyl (C=O) groups excluding carboxylic acids is 1. The van der Waals surface area contributed by atoms with Gasteiger partial charge < -0.3 is 9.88 Å². The lowest BCUT2D eigenvalue weighted by atomic mass is 10.1. The van der Waals surface area contributed by atoms with Gasteiger partial charge in [0.2, 0.25) is 5.91 Å². The molecule has 25 heavy (non-hydrogen) atoms. The molecule has 0 aliphatic heterocycles. The zero-order valence-electron chi connectivity index (χ0n) is 15.0. The molecule has 3 rings (SSSR count). The third kappa shape index (κ3) is 4.84. The van der Waals surface area contributed by atoms with Gasteiger partial charge in [-0.2, -0.15) is 0 Å². The number of carbonyl (C=O) groups is 1. The highest BCUT2D eigenvalue weighted by molar-refractivity contribution is 7.99. The highest BCUT2D eigenvalue weighted by atomic mass is 32.2. The molecule has 5 nitrogen and oxygen atoms in total. The summed E-state index contributed by atoms with van der Waals surface area (Å²) < 4.78 is 1.96. The summed E-state index contributed by atoms with van der Waals surface area (Å²) in [6.07, 6.45) is 7.25. The third-order valence-corrected chi connectivity index (χ3v) is 5.68. The molecule has 0 radical (unpaired) electrons. The maximum absolute atomic E-state index is 12.2. The van der Waals surface area contributed by atoms with Crippen LogP contribution in [0, 0.1) is 6.92 Å². The van der Waals surface area contributed by atoms with Gasteiger partial charge >= 0.3 is 0 Å². The first kappa shape index (κ1) is 18.0. The van der Waals surface area contributed by atoms with Crippen molar-refractivity contribution in [3.05, 3.63) is 29.8 Å². The van der Waals surface area contributed by atoms with Gasteiger partial charge in [0.05, 0.1) is 5.75 Å². The summed E-state index contributed by atoms with van der Waals surface area (Å²) in [4.78, 5) is 12.2. The number of aryl methyl sites for hydroxylation is 1. The average molecular weight is 359 g/mol. The molecule has 1 aromatic carbocycles. The molecule has 1 fully saturated rings. The maximum Gasteiger partial charge on any atom is 0.230 e. The Balaban J connectivity index is 1.57. The maximum atomic E-state index is 12.2. The van der Waals surface area contributed by atoms with Gasteiger partial charge in [0.25, 0.3) is 0 Å². The normalized spacial score (nSPS) is 15.8. The number of hydrogen-bond acceptors (Lipinski definition) is 4. The zero-order chi connectivity index (χ0) is 17.6. The van der Waals surface area contributed by atoms with Gasteiger partial charge in [-0.15, -0.1) is 10.2 Å². The van der Waals surface area contributed by atoms with E-state index in [4.69, 9.17) is 0 Å². The first-order valence-electron chi connectivity index (χ1n) is 9.02. The van der Waals surface area contributed by atoms with Crippen LogP contribution in [-0.2, 0) is 11.8 Å². The van der Waals surface area contributed by atoms with E-state index in [-0.39, 0.29) is 5.91 Å². The fraction of sp³-hybridized carbons (Fsp3) is 0.526. The SMILES string of the molecule is Cc1cccc(-c2nnc(SCC(=O)NC3CCCCCC3)n2C)c1. The predicted octanol–water partition coefficient (Wildman–Crippen LogP) is 3.72. The van der Waals surface area contributed by atoms with E-state index in [1.165, 1.54) is 43.0 Å². The minimum Gasteiger partial charge on any atom is -0.353 e. The Labute approximate surface area is 153 Å². The van der Waals surface area contributed by atoms with Crippen LogP contribution in [0.25, 0.3) is 11.4 Å². The molecule has 2 aromatic rings. The fourth-order valence-corrected chi connectivity index (χ4v) is 4.02. The first-order valence-corrected chi connectivity index (χ1v) is 10.0. The van der Waals surface area contributed by atoms with Gasteiger partial charge in [-0.05, 0) is 25.8 Å². The molecule has 1 N–H and O–H groups in total. The van der Waals surface area contributed by atoms with Crippen LogP contribution in [0.1, 0.15) is 44.1 Å². The second-order valence-corrected chi connectivity index (χ2v) is 7.72. The van der Waals surface area contributed by atoms with E-state index in [0.29, 0.717) is 11.8 Å². The van der Waals surface area contributed by atoms with Gasteiger partial charge in [-0.25, -0.2) is 0 Å². The van der Waals surface area contributed by atoms with E-state index in [0.717, 1.165) is 29.4 Å². The van der Waals surface area contributed by atoms with Gasteiger partial charge in [0, 0.05) is 18.7 Å². The lowest BCUT2D eigenvalue weighted by molar-refractivity contribution is -0.119. The number of benzene rings is 1. The Morgan fingerprint density at radius 3 is 2.72 bits per heavy atom. The van der Waals surface area contributed by atoms with Gasteiger partial charge in [0.15, 0.2) is 11.0 Å². The number of hydrogen-bond donors (Lipinski definition) is 1. The van der Waals surface area contributed by atoms with Crippen molar-refractivity contribution in [1.29, 1.82) is 0 Å². The standard InChI is InChI=1S/C19H26N4OS/c1-14-8-7-9-15(12-14)18-21-22-19(23(18)2)25-13-17(24)20-16-10-5-3-4-6-11-16/h7-9,12,16H,3-6,10-11,13H2,1-2H3,(H,20,24). The molecule has 6 heteroatoms. The second-order valence-electron chi connectivity index (χ2n) is 6.78. The van der Waals surface area contributed by atoms with E-state index in [9.17, 15) is 4.79 Å². The van der Waals surface area contributed by atoms with Gasteiger partial charge in [-0.3, -0.25) is 4.79 Å². The number of nitrogens with zero attached hydrogens (tertiary/aromatic N) is 3. The topological polar surface area (TPSA) is 59.8 Å². The number of nitrogens with one attached hydrogen (secondary N) is 1. The highest BCUT2D eigenvalue weighted by Gasteiger charge is 2.16. The minimum atomic E-state index is 0.0944. The van der Waals surface area contributed by atoms with E-state index in [1.54, 1.807) is 0 Å². The van der Waals surface area contributed by atoms with Crippen LogP contribution in [0.15, 0.2) is 29.4 Å². The average Bonchev–Trinajstić information content (AvgIpc) is 2.79. The summed E-state index contributed by atoms with van der Waals surface area (Å²) in [5, 5.41) is 12.5. The Morgan fingerprint density at radius 2 is 2.00 bits per heavy atom. The van der Waals surface area contributed by atoms with Crippen molar-refractivity contribution in [2.75, 3.05) is 5.75 Å². The molecule has 0 bridgehead atoms. The van der Waals surface area contributed by atoms with E-state index in [2.05, 4.69) is 34.6 Å². The molecule has 1 heterocycles. The lowest BCUT2D eigenvalue weighted by Crippen LogP contribution is -2.35. The molecule has 0 spiro atoms. The molecular formula is C19H26N4OS. The third-order valence-electron chi connectivity index (χ3n) is 4.66. The number of thioether (sulfide) groups is 1. The highest BCUT2D eigenvalue weighted by Crippen LogP contribution is 2.23. The Morgan fingerprint density at radius 1 is 1.24 bits per heavy atom. The van der Waals surface area contributed by atoms with E-state index < -0.39 is 0 Å². The molecule has 0 atom stereocenters. The molecular weight excluding hydrogens is 332 g/mol. The monoisotopic (exact) mass is 358 g/mol. The zero-order valence-corrected chi connectivity index (χ0v) is 15.8. The van der Waals surface area contributed by atoms with Crippen molar-refractivity contribution in [1.82, 2.24) is 20.1 Å². The minimum absolute atomic E-state index is 0.0944. The van der Waals surface area contributed by atoms with Crippen molar-refractivity contribution in [2.24, 2.45) is 7.05 Å². The molecule has 1 aromatic heterocycles. The number of amides is 1. The van der Waals surface area contributed by atoms with Gasteiger partial charge in [-0.1, -0.05) is 61.2 Å². The van der Waals surface area contributed by atoms with Crippen molar-refractivity contribution in [3.8, 4) is 11.4 Å². The number of rotatable bonds is 5. The largest absolute Gasteiger partial charge is 0.353 e. The smallest absolute Gasteiger partial charge is 0.230 e. The summed E-state index contributed by atoms with van der Waals surface area (Å²) in [6.45, 7) is 2.06. The molecule has 0 unspecified atom stereocenters. The van der Waals surface area contributed by atoms with Crippen molar-refractivity contribution in [2.45, 2.75) is 56.6 Å². The van der Waals surface area contributed by atoms with Crippen molar-refractivity contribution < 1.29 is 4.79 Å². The first-order chi connectivity index (χ1) is 12.1. The van der Waals surface area contributed by atoms with Crippen molar-refractivity contribution in [3.63, 3.8) is 0 Å². The fourth-order valence-electron chi connectivity index (χ4n) is 3.30. The molecule has 1 aliphatic carbocycles. The van der Waals surface area contributed by atoms with Crippen LogP contribution in [0.4, 0.5) is 0 Å². The lowest BCUT2D eigenvalue weighted by Gasteiger charge is -2.15. The molecule has 1 aliphatic rings. The molecule has 134 valence electrons. The molecule has 1 amide bonds. The predicted molar refractivity (Wildman–Crippen MR) is 102 cm³/mol. The number of aromatic nitrogens is 3. The summed E-state index contributed by atoms with van der Waals surface area (Å²) >= 11 is 1.45. The Bertz CT molecular complexity index is 720. The van der Waals surface area contributed by atoms with Gasteiger partial charge in [0.1, 0.15) is 0 Å². The van der Waals surface area contributed by atoms with Crippen LogP contribution < -0.4 is 5.32 Å². The molecule has 1 saturated carbocycles. The van der Waals surface area contributed by atoms with E-state index in [1.807, 2.05) is 23.7 Å². The summed E-state index contributed by atoms with van der Waals surface area (Å²) in [6, 6.07) is 8.55. The van der Waals surface area contributed by atoms with Crippen LogP contribution in [0.5, 0.6) is 0 Å². The van der Waals surface area contributed by atoms with E-state index >= 15 is 0 Å². The summed E-state index contributed by atoms with van der Waals surface area (Å²) in [5.74, 6) is 1.31. The van der Waals surface area contributed by atoms with Crippen LogP contribution in [0.3, 0.4) is 0 Å². The Hall–Kier alpha value is -1.82. The second kappa shape index (κ2) is 8.52. The summed E-state index contributed by atoms with van der Waals surface area (Å²) in [7, 11) is 1.95. The van der Waals surface area contributed by atoms with Crippen LogP contribution in [0.2, 0.25) is 0 Å². The van der Waals surface area contributed by atoms with Crippen molar-refractivity contribution >= 4 is 17.7 Å². The Kier molecular flexibility index (Phi) is 6.13. The quantitative estimate of drug-likeness (QED) is 0.654. The molecule has 0 saturated heterocycles. The van der Waals surface area contributed by atoms with Crippen LogP contribution in [-0.4, -0.2) is 32.5 Å².